The van der Waals surface area contributed by atoms with Crippen LogP contribution in [0.2, 0.25) is 0 Å². The molecule has 1 aromatic rings. The van der Waals surface area contributed by atoms with Crippen molar-refractivity contribution in [3.05, 3.63) is 41.5 Å². The van der Waals surface area contributed by atoms with Crippen LogP contribution in [0, 0.1) is 0 Å². The summed E-state index contributed by atoms with van der Waals surface area (Å²) in [5.41, 5.74) is 2.35. The van der Waals surface area contributed by atoms with Gasteiger partial charge in [0.25, 0.3) is 5.91 Å². The number of allylic oxidation sites excluding steroid dienone is 1. The molecule has 24 heavy (non-hydrogen) atoms. The van der Waals surface area contributed by atoms with E-state index in [9.17, 15) is 4.79 Å². The molecule has 130 valence electrons. The number of oxime groups is 1. The first kappa shape index (κ1) is 18.0. The number of nitrogens with zero attached hydrogens (tertiary/aromatic N) is 1. The van der Waals surface area contributed by atoms with Crippen LogP contribution in [-0.4, -0.2) is 31.9 Å². The van der Waals surface area contributed by atoms with Crippen molar-refractivity contribution in [1.29, 1.82) is 0 Å². The van der Waals surface area contributed by atoms with Crippen molar-refractivity contribution in [1.82, 2.24) is 5.32 Å². The zero-order valence-corrected chi connectivity index (χ0v) is 14.3. The van der Waals surface area contributed by atoms with Gasteiger partial charge in [-0.3, -0.25) is 4.79 Å². The van der Waals surface area contributed by atoms with Gasteiger partial charge in [0.2, 0.25) is 0 Å². The van der Waals surface area contributed by atoms with Crippen molar-refractivity contribution in [3.63, 3.8) is 0 Å². The maximum Gasteiger partial charge on any atom is 0.260 e. The number of carbonyl (C=O) groups excluding carboxylic acids is 1. The molecule has 1 aliphatic rings. The van der Waals surface area contributed by atoms with Gasteiger partial charge in [0.05, 0.1) is 12.8 Å². The van der Waals surface area contributed by atoms with E-state index in [1.54, 1.807) is 6.21 Å². The first-order chi connectivity index (χ1) is 11.8. The molecule has 0 saturated carbocycles. The molecule has 0 radical (unpaired) electrons. The minimum Gasteiger partial charge on any atom is -0.494 e. The summed E-state index contributed by atoms with van der Waals surface area (Å²) in [4.78, 5) is 16.7. The highest BCUT2D eigenvalue weighted by atomic mass is 16.6. The second kappa shape index (κ2) is 10.5. The summed E-state index contributed by atoms with van der Waals surface area (Å²) in [5, 5.41) is 6.67. The van der Waals surface area contributed by atoms with Crippen LogP contribution < -0.4 is 10.1 Å². The van der Waals surface area contributed by atoms with Gasteiger partial charge in [-0.15, -0.1) is 0 Å². The predicted octanol–water partition coefficient (Wildman–Crippen LogP) is 3.44. The minimum absolute atomic E-state index is 0.0629. The predicted molar refractivity (Wildman–Crippen MR) is 95.3 cm³/mol. The molecule has 1 aromatic carbocycles. The van der Waals surface area contributed by atoms with Crippen LogP contribution >= 0.6 is 0 Å². The molecule has 5 heteroatoms. The van der Waals surface area contributed by atoms with Crippen molar-refractivity contribution >= 4 is 12.1 Å². The first-order valence-electron chi connectivity index (χ1n) is 8.60. The van der Waals surface area contributed by atoms with Gasteiger partial charge < -0.3 is 14.9 Å². The third-order valence-electron chi connectivity index (χ3n) is 3.82. The van der Waals surface area contributed by atoms with E-state index in [2.05, 4.69) is 16.5 Å². The third kappa shape index (κ3) is 6.86. The Kier molecular flexibility index (Phi) is 7.87. The highest BCUT2D eigenvalue weighted by molar-refractivity contribution is 5.80. The first-order valence-corrected chi connectivity index (χ1v) is 8.60. The lowest BCUT2D eigenvalue weighted by molar-refractivity contribution is -0.125. The topological polar surface area (TPSA) is 59.9 Å². The number of ether oxygens (including phenoxy) is 1. The maximum atomic E-state index is 11.7. The van der Waals surface area contributed by atoms with E-state index >= 15 is 0 Å². The van der Waals surface area contributed by atoms with Gasteiger partial charge in [-0.25, -0.2) is 0 Å². The fourth-order valence-electron chi connectivity index (χ4n) is 2.56. The molecule has 0 aliphatic heterocycles. The summed E-state index contributed by atoms with van der Waals surface area (Å²) in [6.07, 6.45) is 9.70. The standard InChI is InChI=1S/C19H26N2O3/c1-2-23-18-10-8-17(9-11-18)14-21-24-15-19(22)20-13-12-16-6-4-3-5-7-16/h6,8-11,14H,2-5,7,12-13,15H2,1H3,(H,20,22)/b21-14-. The third-order valence-corrected chi connectivity index (χ3v) is 3.82. The van der Waals surface area contributed by atoms with Gasteiger partial charge in [0.15, 0.2) is 6.61 Å². The largest absolute Gasteiger partial charge is 0.494 e. The number of amides is 1. The number of rotatable bonds is 9. The zero-order valence-electron chi connectivity index (χ0n) is 14.3. The van der Waals surface area contributed by atoms with Crippen LogP contribution in [0.25, 0.3) is 0 Å². The molecule has 0 bridgehead atoms. The van der Waals surface area contributed by atoms with Crippen molar-refractivity contribution in [2.24, 2.45) is 5.16 Å². The summed E-state index contributed by atoms with van der Waals surface area (Å²) in [6.45, 7) is 3.19. The van der Waals surface area contributed by atoms with E-state index in [1.807, 2.05) is 31.2 Å². The maximum absolute atomic E-state index is 11.7. The van der Waals surface area contributed by atoms with Crippen LogP contribution in [0.3, 0.4) is 0 Å². The molecule has 1 amide bonds. The van der Waals surface area contributed by atoms with E-state index in [-0.39, 0.29) is 12.5 Å². The molecule has 0 atom stereocenters. The molecule has 0 fully saturated rings. The van der Waals surface area contributed by atoms with Crippen molar-refractivity contribution in [2.75, 3.05) is 19.8 Å². The van der Waals surface area contributed by atoms with Gasteiger partial charge in [0, 0.05) is 6.54 Å². The van der Waals surface area contributed by atoms with E-state index in [0.717, 1.165) is 17.7 Å². The van der Waals surface area contributed by atoms with E-state index in [0.29, 0.717) is 13.2 Å². The van der Waals surface area contributed by atoms with Crippen molar-refractivity contribution < 1.29 is 14.4 Å². The molecule has 0 aromatic heterocycles. The van der Waals surface area contributed by atoms with Gasteiger partial charge in [0.1, 0.15) is 5.75 Å². The Balaban J connectivity index is 1.60. The second-order valence-electron chi connectivity index (χ2n) is 5.72. The van der Waals surface area contributed by atoms with Gasteiger partial charge >= 0.3 is 0 Å². The molecule has 0 unspecified atom stereocenters. The number of nitrogens with one attached hydrogen (secondary N) is 1. The van der Waals surface area contributed by atoms with E-state index in [4.69, 9.17) is 9.57 Å². The Hall–Kier alpha value is -2.30. The average molecular weight is 330 g/mol. The molecule has 1 N–H and O–H groups in total. The fraction of sp³-hybridized carbons (Fsp3) is 0.474. The average Bonchev–Trinajstić information content (AvgIpc) is 2.61. The molecular formula is C19H26N2O3. The SMILES string of the molecule is CCOc1ccc(/C=N\OCC(=O)NCCC2=CCCCC2)cc1. The second-order valence-corrected chi connectivity index (χ2v) is 5.72. The summed E-state index contributed by atoms with van der Waals surface area (Å²) in [7, 11) is 0. The van der Waals surface area contributed by atoms with E-state index in [1.165, 1.54) is 31.3 Å². The lowest BCUT2D eigenvalue weighted by Crippen LogP contribution is -2.28. The monoisotopic (exact) mass is 330 g/mol. The van der Waals surface area contributed by atoms with Crippen LogP contribution in [0.5, 0.6) is 5.75 Å². The summed E-state index contributed by atoms with van der Waals surface area (Å²) < 4.78 is 5.37. The zero-order chi connectivity index (χ0) is 17.0. The summed E-state index contributed by atoms with van der Waals surface area (Å²) in [5.74, 6) is 0.679. The van der Waals surface area contributed by atoms with E-state index < -0.39 is 0 Å². The molecule has 2 rings (SSSR count). The van der Waals surface area contributed by atoms with Crippen LogP contribution in [0.15, 0.2) is 41.1 Å². The molecule has 5 nitrogen and oxygen atoms in total. The molecular weight excluding hydrogens is 304 g/mol. The summed E-state index contributed by atoms with van der Waals surface area (Å²) >= 11 is 0. The molecule has 0 saturated heterocycles. The Morgan fingerprint density at radius 2 is 2.12 bits per heavy atom. The van der Waals surface area contributed by atoms with Gasteiger partial charge in [-0.2, -0.15) is 0 Å². The lowest BCUT2D eigenvalue weighted by Gasteiger charge is -2.12. The van der Waals surface area contributed by atoms with Crippen LogP contribution in [0.4, 0.5) is 0 Å². The highest BCUT2D eigenvalue weighted by Gasteiger charge is 2.05. The number of benzene rings is 1. The Morgan fingerprint density at radius 1 is 1.29 bits per heavy atom. The molecule has 1 aliphatic carbocycles. The van der Waals surface area contributed by atoms with Crippen molar-refractivity contribution in [3.8, 4) is 5.75 Å². The van der Waals surface area contributed by atoms with Gasteiger partial charge in [-0.1, -0.05) is 16.8 Å². The Morgan fingerprint density at radius 3 is 2.83 bits per heavy atom. The Labute approximate surface area is 143 Å². The smallest absolute Gasteiger partial charge is 0.260 e. The normalized spacial score (nSPS) is 14.3. The lowest BCUT2D eigenvalue weighted by atomic mass is 9.97. The highest BCUT2D eigenvalue weighted by Crippen LogP contribution is 2.19. The van der Waals surface area contributed by atoms with Gasteiger partial charge in [-0.05, 0) is 68.9 Å². The van der Waals surface area contributed by atoms with Crippen molar-refractivity contribution in [2.45, 2.75) is 39.0 Å². The van der Waals surface area contributed by atoms with Crippen LogP contribution in [-0.2, 0) is 9.63 Å². The number of hydrogen-bond donors (Lipinski definition) is 1. The van der Waals surface area contributed by atoms with Crippen LogP contribution in [0.1, 0.15) is 44.6 Å². The number of carbonyl (C=O) groups is 1. The molecule has 0 spiro atoms. The minimum atomic E-state index is -0.143. The Bertz CT molecular complexity index is 564. The summed E-state index contributed by atoms with van der Waals surface area (Å²) in [6, 6.07) is 7.51. The fourth-order valence-corrected chi connectivity index (χ4v) is 2.56. The number of hydrogen-bond acceptors (Lipinski definition) is 4. The quantitative estimate of drug-likeness (QED) is 0.429. The molecule has 0 heterocycles.